The minimum Gasteiger partial charge on any atom is -0.378 e. The minimum atomic E-state index is 0.0665. The SMILES string of the molecule is O=C(c1csc(-c2ccnc(N3CCOCC3)c2)n1)N1CCCCCC1. The predicted octanol–water partition coefficient (Wildman–Crippen LogP) is 3.06. The molecule has 26 heavy (non-hydrogen) atoms. The number of pyridine rings is 1. The standard InChI is InChI=1S/C19H24N4O2S/c24-19(23-7-3-1-2-4-8-23)16-14-26-18(21-16)15-5-6-20-17(13-15)22-9-11-25-12-10-22/h5-6,13-14H,1-4,7-12H2. The van der Waals surface area contributed by atoms with Crippen LogP contribution in [0, 0.1) is 0 Å². The largest absolute Gasteiger partial charge is 0.378 e. The van der Waals surface area contributed by atoms with E-state index in [1.165, 1.54) is 24.2 Å². The Hall–Kier alpha value is -1.99. The third-order valence-electron chi connectivity index (χ3n) is 4.94. The number of hydrogen-bond acceptors (Lipinski definition) is 6. The fraction of sp³-hybridized carbons (Fsp3) is 0.526. The number of carbonyl (C=O) groups is 1. The van der Waals surface area contributed by atoms with Crippen molar-refractivity contribution in [3.63, 3.8) is 0 Å². The molecule has 0 saturated carbocycles. The normalized spacial score (nSPS) is 18.6. The van der Waals surface area contributed by atoms with Gasteiger partial charge in [0.05, 0.1) is 13.2 Å². The molecular weight excluding hydrogens is 348 g/mol. The topological polar surface area (TPSA) is 58.6 Å². The van der Waals surface area contributed by atoms with E-state index in [9.17, 15) is 4.79 Å². The Morgan fingerprint density at radius 1 is 1.08 bits per heavy atom. The first-order chi connectivity index (χ1) is 12.8. The monoisotopic (exact) mass is 372 g/mol. The van der Waals surface area contributed by atoms with Crippen molar-refractivity contribution in [1.29, 1.82) is 0 Å². The highest BCUT2D eigenvalue weighted by atomic mass is 32.1. The molecule has 138 valence electrons. The lowest BCUT2D eigenvalue weighted by Gasteiger charge is -2.27. The Bertz CT molecular complexity index is 750. The van der Waals surface area contributed by atoms with E-state index in [4.69, 9.17) is 4.74 Å². The second-order valence-corrected chi connectivity index (χ2v) is 7.60. The Kier molecular flexibility index (Phi) is 5.45. The zero-order valence-corrected chi connectivity index (χ0v) is 15.7. The molecule has 2 aromatic rings. The Morgan fingerprint density at radius 3 is 2.62 bits per heavy atom. The maximum absolute atomic E-state index is 12.7. The van der Waals surface area contributed by atoms with E-state index in [1.807, 2.05) is 22.5 Å². The van der Waals surface area contributed by atoms with Crippen molar-refractivity contribution < 1.29 is 9.53 Å². The molecule has 0 aliphatic carbocycles. The van der Waals surface area contributed by atoms with E-state index in [0.29, 0.717) is 5.69 Å². The Balaban J connectivity index is 1.51. The van der Waals surface area contributed by atoms with Crippen LogP contribution >= 0.6 is 11.3 Å². The summed E-state index contributed by atoms with van der Waals surface area (Å²) in [7, 11) is 0. The fourth-order valence-corrected chi connectivity index (χ4v) is 4.25. The van der Waals surface area contributed by atoms with Crippen molar-refractivity contribution in [2.45, 2.75) is 25.7 Å². The van der Waals surface area contributed by atoms with Gasteiger partial charge in [-0.25, -0.2) is 9.97 Å². The van der Waals surface area contributed by atoms with Crippen LogP contribution in [0.15, 0.2) is 23.7 Å². The van der Waals surface area contributed by atoms with E-state index >= 15 is 0 Å². The molecule has 0 spiro atoms. The van der Waals surface area contributed by atoms with Crippen molar-refractivity contribution in [2.24, 2.45) is 0 Å². The molecule has 0 atom stereocenters. The van der Waals surface area contributed by atoms with Gasteiger partial charge < -0.3 is 14.5 Å². The van der Waals surface area contributed by atoms with Crippen molar-refractivity contribution in [1.82, 2.24) is 14.9 Å². The lowest BCUT2D eigenvalue weighted by atomic mass is 10.2. The molecule has 2 aliphatic heterocycles. The number of thiazole rings is 1. The number of morpholine rings is 1. The third kappa shape index (κ3) is 3.88. The molecule has 2 aromatic heterocycles. The summed E-state index contributed by atoms with van der Waals surface area (Å²) in [6.45, 7) is 4.87. The van der Waals surface area contributed by atoms with Crippen LogP contribution in [-0.4, -0.2) is 60.2 Å². The summed E-state index contributed by atoms with van der Waals surface area (Å²) in [4.78, 5) is 26.0. The van der Waals surface area contributed by atoms with E-state index in [1.54, 1.807) is 0 Å². The Labute approximate surface area is 157 Å². The minimum absolute atomic E-state index is 0.0665. The van der Waals surface area contributed by atoms with Crippen LogP contribution in [-0.2, 0) is 4.74 Å². The highest BCUT2D eigenvalue weighted by Gasteiger charge is 2.20. The molecule has 2 saturated heterocycles. The molecule has 4 heterocycles. The van der Waals surface area contributed by atoms with Crippen LogP contribution < -0.4 is 4.90 Å². The second kappa shape index (κ2) is 8.14. The number of carbonyl (C=O) groups excluding carboxylic acids is 1. The molecular formula is C19H24N4O2S. The van der Waals surface area contributed by atoms with Gasteiger partial charge in [0.2, 0.25) is 0 Å². The molecule has 0 aromatic carbocycles. The van der Waals surface area contributed by atoms with Gasteiger partial charge >= 0.3 is 0 Å². The number of rotatable bonds is 3. The zero-order valence-electron chi connectivity index (χ0n) is 14.9. The van der Waals surface area contributed by atoms with E-state index in [-0.39, 0.29) is 5.91 Å². The predicted molar refractivity (Wildman–Crippen MR) is 103 cm³/mol. The van der Waals surface area contributed by atoms with E-state index < -0.39 is 0 Å². The molecule has 2 aliphatic rings. The number of anilines is 1. The van der Waals surface area contributed by atoms with Crippen molar-refractivity contribution in [2.75, 3.05) is 44.3 Å². The van der Waals surface area contributed by atoms with Crippen LogP contribution in [0.4, 0.5) is 5.82 Å². The highest BCUT2D eigenvalue weighted by molar-refractivity contribution is 7.13. The van der Waals surface area contributed by atoms with Crippen LogP contribution in [0.2, 0.25) is 0 Å². The summed E-state index contributed by atoms with van der Waals surface area (Å²) in [5.41, 5.74) is 1.58. The summed E-state index contributed by atoms with van der Waals surface area (Å²) in [5, 5.41) is 2.76. The first kappa shape index (κ1) is 17.4. The molecule has 0 N–H and O–H groups in total. The molecule has 7 heteroatoms. The molecule has 6 nitrogen and oxygen atoms in total. The van der Waals surface area contributed by atoms with Crippen LogP contribution in [0.5, 0.6) is 0 Å². The van der Waals surface area contributed by atoms with Crippen LogP contribution in [0.1, 0.15) is 36.2 Å². The number of likely N-dealkylation sites (tertiary alicyclic amines) is 1. The maximum atomic E-state index is 12.7. The maximum Gasteiger partial charge on any atom is 0.273 e. The quantitative estimate of drug-likeness (QED) is 0.829. The fourth-order valence-electron chi connectivity index (χ4n) is 3.46. The van der Waals surface area contributed by atoms with Gasteiger partial charge in [0.1, 0.15) is 16.5 Å². The van der Waals surface area contributed by atoms with E-state index in [0.717, 1.165) is 68.6 Å². The number of aromatic nitrogens is 2. The molecule has 0 bridgehead atoms. The summed E-state index contributed by atoms with van der Waals surface area (Å²) >= 11 is 1.53. The highest BCUT2D eigenvalue weighted by Crippen LogP contribution is 2.27. The molecule has 0 radical (unpaired) electrons. The average Bonchev–Trinajstić information content (AvgIpc) is 3.04. The molecule has 2 fully saturated rings. The number of amides is 1. The van der Waals surface area contributed by atoms with Gasteiger partial charge in [-0.3, -0.25) is 4.79 Å². The van der Waals surface area contributed by atoms with E-state index in [2.05, 4.69) is 20.9 Å². The van der Waals surface area contributed by atoms with Gasteiger partial charge in [-0.2, -0.15) is 0 Å². The number of hydrogen-bond donors (Lipinski definition) is 0. The first-order valence-electron chi connectivity index (χ1n) is 9.35. The number of ether oxygens (including phenoxy) is 1. The molecule has 1 amide bonds. The summed E-state index contributed by atoms with van der Waals surface area (Å²) in [6, 6.07) is 4.02. The van der Waals surface area contributed by atoms with Gasteiger partial charge in [0, 0.05) is 43.3 Å². The van der Waals surface area contributed by atoms with Gasteiger partial charge in [0.25, 0.3) is 5.91 Å². The van der Waals surface area contributed by atoms with Crippen molar-refractivity contribution >= 4 is 23.1 Å². The van der Waals surface area contributed by atoms with Gasteiger partial charge in [-0.05, 0) is 25.0 Å². The average molecular weight is 372 g/mol. The summed E-state index contributed by atoms with van der Waals surface area (Å²) in [6.07, 6.45) is 6.44. The van der Waals surface area contributed by atoms with Gasteiger partial charge in [-0.15, -0.1) is 11.3 Å². The Morgan fingerprint density at radius 2 is 1.85 bits per heavy atom. The smallest absolute Gasteiger partial charge is 0.273 e. The second-order valence-electron chi connectivity index (χ2n) is 6.75. The van der Waals surface area contributed by atoms with Crippen molar-refractivity contribution in [3.05, 3.63) is 29.4 Å². The van der Waals surface area contributed by atoms with Crippen molar-refractivity contribution in [3.8, 4) is 10.6 Å². The summed E-state index contributed by atoms with van der Waals surface area (Å²) < 4.78 is 5.41. The van der Waals surface area contributed by atoms with Gasteiger partial charge in [0.15, 0.2) is 0 Å². The lowest BCUT2D eigenvalue weighted by molar-refractivity contribution is 0.0756. The number of nitrogens with zero attached hydrogens (tertiary/aromatic N) is 4. The zero-order chi connectivity index (χ0) is 17.8. The van der Waals surface area contributed by atoms with Crippen LogP contribution in [0.3, 0.4) is 0 Å². The summed E-state index contributed by atoms with van der Waals surface area (Å²) in [5.74, 6) is 1.01. The molecule has 4 rings (SSSR count). The third-order valence-corrected chi connectivity index (χ3v) is 5.84. The van der Waals surface area contributed by atoms with Crippen LogP contribution in [0.25, 0.3) is 10.6 Å². The van der Waals surface area contributed by atoms with Gasteiger partial charge in [-0.1, -0.05) is 12.8 Å². The first-order valence-corrected chi connectivity index (χ1v) is 10.2. The lowest BCUT2D eigenvalue weighted by Crippen LogP contribution is -2.36. The molecule has 0 unspecified atom stereocenters.